The normalized spacial score (nSPS) is 13.4. The van der Waals surface area contributed by atoms with E-state index in [-0.39, 0.29) is 0 Å². The summed E-state index contributed by atoms with van der Waals surface area (Å²) in [4.78, 5) is 13.4. The largest absolute Gasteiger partial charge is 0.370 e. The maximum absolute atomic E-state index is 4.68. The van der Waals surface area contributed by atoms with Gasteiger partial charge in [-0.15, -0.1) is 0 Å². The van der Waals surface area contributed by atoms with Crippen LogP contribution in [0, 0.1) is 0 Å². The summed E-state index contributed by atoms with van der Waals surface area (Å²) in [5, 5.41) is 3.35. The summed E-state index contributed by atoms with van der Waals surface area (Å²) >= 11 is 0. The van der Waals surface area contributed by atoms with E-state index in [1.54, 1.807) is 6.20 Å². The topological polar surface area (TPSA) is 50.7 Å². The van der Waals surface area contributed by atoms with Gasteiger partial charge in [-0.2, -0.15) is 0 Å². The summed E-state index contributed by atoms with van der Waals surface area (Å²) in [5.74, 6) is 1.78. The molecule has 4 heteroatoms. The van der Waals surface area contributed by atoms with Gasteiger partial charge in [0.25, 0.3) is 0 Å². The minimum Gasteiger partial charge on any atom is -0.370 e. The molecule has 0 radical (unpaired) electrons. The van der Waals surface area contributed by atoms with E-state index in [1.807, 2.05) is 18.3 Å². The van der Waals surface area contributed by atoms with E-state index < -0.39 is 0 Å². The number of aromatic nitrogens is 3. The van der Waals surface area contributed by atoms with Gasteiger partial charge in [0.1, 0.15) is 5.82 Å². The fraction of sp³-hybridized carbons (Fsp3) is 0.357. The number of rotatable bonds is 3. The molecule has 4 nitrogen and oxygen atoms in total. The molecule has 0 atom stereocenters. The van der Waals surface area contributed by atoms with Gasteiger partial charge in [0.15, 0.2) is 5.82 Å². The lowest BCUT2D eigenvalue weighted by molar-refractivity contribution is 0.900. The van der Waals surface area contributed by atoms with Crippen LogP contribution in [0.5, 0.6) is 0 Å². The van der Waals surface area contributed by atoms with E-state index in [4.69, 9.17) is 0 Å². The number of fused-ring (bicyclic) bond motifs is 1. The van der Waals surface area contributed by atoms with Crippen molar-refractivity contribution < 1.29 is 0 Å². The molecule has 92 valence electrons. The molecule has 18 heavy (non-hydrogen) atoms. The third-order valence-electron chi connectivity index (χ3n) is 3.20. The molecular weight excluding hydrogens is 224 g/mol. The Morgan fingerprint density at radius 1 is 1.28 bits per heavy atom. The van der Waals surface area contributed by atoms with E-state index in [2.05, 4.69) is 27.2 Å². The molecule has 1 N–H and O–H groups in total. The van der Waals surface area contributed by atoms with Crippen molar-refractivity contribution in [2.75, 3.05) is 11.9 Å². The number of hydrogen-bond donors (Lipinski definition) is 1. The van der Waals surface area contributed by atoms with Crippen molar-refractivity contribution >= 4 is 5.82 Å². The highest BCUT2D eigenvalue weighted by molar-refractivity contribution is 5.59. The average molecular weight is 240 g/mol. The predicted molar refractivity (Wildman–Crippen MR) is 71.5 cm³/mol. The summed E-state index contributed by atoms with van der Waals surface area (Å²) < 4.78 is 0. The van der Waals surface area contributed by atoms with Crippen molar-refractivity contribution in [3.63, 3.8) is 0 Å². The van der Waals surface area contributed by atoms with E-state index in [1.165, 1.54) is 17.7 Å². The third kappa shape index (κ3) is 1.94. The van der Waals surface area contributed by atoms with E-state index in [0.717, 1.165) is 36.6 Å². The zero-order chi connectivity index (χ0) is 12.4. The van der Waals surface area contributed by atoms with Crippen molar-refractivity contribution in [1.29, 1.82) is 0 Å². The number of anilines is 1. The minimum atomic E-state index is 0.778. The molecule has 2 aromatic heterocycles. The molecule has 0 bridgehead atoms. The number of nitrogens with one attached hydrogen (secondary N) is 1. The SMILES string of the molecule is CCNc1nc(-c2cccnc2)nc2c1CCC2. The first-order chi connectivity index (χ1) is 8.88. The van der Waals surface area contributed by atoms with Gasteiger partial charge in [-0.25, -0.2) is 9.97 Å². The Hall–Kier alpha value is -1.97. The van der Waals surface area contributed by atoms with Gasteiger partial charge >= 0.3 is 0 Å². The molecule has 2 heterocycles. The highest BCUT2D eigenvalue weighted by atomic mass is 15.0. The van der Waals surface area contributed by atoms with Crippen LogP contribution >= 0.6 is 0 Å². The summed E-state index contributed by atoms with van der Waals surface area (Å²) in [5.41, 5.74) is 3.47. The van der Waals surface area contributed by atoms with Crippen LogP contribution in [0.25, 0.3) is 11.4 Å². The van der Waals surface area contributed by atoms with Gasteiger partial charge in [0.05, 0.1) is 0 Å². The molecular formula is C14H16N4. The lowest BCUT2D eigenvalue weighted by atomic mass is 10.2. The molecule has 0 spiro atoms. The van der Waals surface area contributed by atoms with Crippen molar-refractivity contribution in [2.45, 2.75) is 26.2 Å². The van der Waals surface area contributed by atoms with Crippen molar-refractivity contribution in [2.24, 2.45) is 0 Å². The van der Waals surface area contributed by atoms with Gasteiger partial charge in [-0.3, -0.25) is 4.98 Å². The Morgan fingerprint density at radius 2 is 2.22 bits per heavy atom. The van der Waals surface area contributed by atoms with E-state index >= 15 is 0 Å². The maximum atomic E-state index is 4.68. The number of nitrogens with zero attached hydrogens (tertiary/aromatic N) is 3. The van der Waals surface area contributed by atoms with E-state index in [0.29, 0.717) is 0 Å². The van der Waals surface area contributed by atoms with Crippen LogP contribution in [-0.4, -0.2) is 21.5 Å². The molecule has 1 aliphatic rings. The molecule has 0 unspecified atom stereocenters. The number of hydrogen-bond acceptors (Lipinski definition) is 4. The highest BCUT2D eigenvalue weighted by Crippen LogP contribution is 2.28. The molecule has 0 fully saturated rings. The van der Waals surface area contributed by atoms with Gasteiger partial charge < -0.3 is 5.32 Å². The first-order valence-electron chi connectivity index (χ1n) is 6.42. The maximum Gasteiger partial charge on any atom is 0.163 e. The summed E-state index contributed by atoms with van der Waals surface area (Å²) in [6, 6.07) is 3.91. The molecule has 0 saturated heterocycles. The lowest BCUT2D eigenvalue weighted by Gasteiger charge is -2.10. The fourth-order valence-electron chi connectivity index (χ4n) is 2.37. The molecule has 2 aromatic rings. The Bertz CT molecular complexity index is 551. The van der Waals surface area contributed by atoms with E-state index in [9.17, 15) is 0 Å². The third-order valence-corrected chi connectivity index (χ3v) is 3.20. The standard InChI is InChI=1S/C14H16N4/c1-2-16-14-11-6-3-7-12(11)17-13(18-14)10-5-4-8-15-9-10/h4-5,8-9H,2-3,6-7H2,1H3,(H,16,17,18). The second kappa shape index (κ2) is 4.72. The zero-order valence-electron chi connectivity index (χ0n) is 10.5. The number of pyridine rings is 1. The average Bonchev–Trinajstić information content (AvgIpc) is 2.88. The molecule has 1 aliphatic carbocycles. The first kappa shape index (κ1) is 11.1. The second-order valence-electron chi connectivity index (χ2n) is 4.45. The van der Waals surface area contributed by atoms with Crippen LogP contribution in [-0.2, 0) is 12.8 Å². The Kier molecular flexibility index (Phi) is 2.92. The molecule has 0 saturated carbocycles. The lowest BCUT2D eigenvalue weighted by Crippen LogP contribution is -2.06. The monoisotopic (exact) mass is 240 g/mol. The summed E-state index contributed by atoms with van der Waals surface area (Å²) in [7, 11) is 0. The second-order valence-corrected chi connectivity index (χ2v) is 4.45. The predicted octanol–water partition coefficient (Wildman–Crippen LogP) is 2.46. The fourth-order valence-corrected chi connectivity index (χ4v) is 2.37. The van der Waals surface area contributed by atoms with Gasteiger partial charge in [-0.1, -0.05) is 0 Å². The zero-order valence-corrected chi connectivity index (χ0v) is 10.5. The molecule has 3 rings (SSSR count). The van der Waals surface area contributed by atoms with Gasteiger partial charge in [0, 0.05) is 35.8 Å². The quantitative estimate of drug-likeness (QED) is 0.895. The summed E-state index contributed by atoms with van der Waals surface area (Å²) in [6.45, 7) is 2.98. The molecule has 0 aromatic carbocycles. The Labute approximate surface area is 107 Å². The highest BCUT2D eigenvalue weighted by Gasteiger charge is 2.19. The Morgan fingerprint density at radius 3 is 3.00 bits per heavy atom. The van der Waals surface area contributed by atoms with Crippen LogP contribution in [0.1, 0.15) is 24.6 Å². The van der Waals surface area contributed by atoms with Crippen LogP contribution in [0.4, 0.5) is 5.82 Å². The first-order valence-corrected chi connectivity index (χ1v) is 6.42. The van der Waals surface area contributed by atoms with Gasteiger partial charge in [-0.05, 0) is 38.3 Å². The van der Waals surface area contributed by atoms with Crippen molar-refractivity contribution in [1.82, 2.24) is 15.0 Å². The molecule has 0 amide bonds. The minimum absolute atomic E-state index is 0.778. The Balaban J connectivity index is 2.09. The van der Waals surface area contributed by atoms with Crippen LogP contribution < -0.4 is 5.32 Å². The molecule has 0 aliphatic heterocycles. The van der Waals surface area contributed by atoms with Crippen molar-refractivity contribution in [3.8, 4) is 11.4 Å². The van der Waals surface area contributed by atoms with Crippen LogP contribution in [0.15, 0.2) is 24.5 Å². The van der Waals surface area contributed by atoms with Crippen molar-refractivity contribution in [3.05, 3.63) is 35.8 Å². The smallest absolute Gasteiger partial charge is 0.163 e. The number of aryl methyl sites for hydroxylation is 1. The van der Waals surface area contributed by atoms with Gasteiger partial charge in [0.2, 0.25) is 0 Å². The van der Waals surface area contributed by atoms with Crippen LogP contribution in [0.2, 0.25) is 0 Å². The summed E-state index contributed by atoms with van der Waals surface area (Å²) in [6.07, 6.45) is 6.90. The van der Waals surface area contributed by atoms with Crippen LogP contribution in [0.3, 0.4) is 0 Å².